The zero-order valence-electron chi connectivity index (χ0n) is 8.41. The maximum absolute atomic E-state index is 11.6. The summed E-state index contributed by atoms with van der Waals surface area (Å²) >= 11 is 0. The number of Topliss-reactive ketones (excluding diaryl/α,β-unsaturated/α-hetero) is 1. The van der Waals surface area contributed by atoms with Crippen LogP contribution in [0.5, 0.6) is 0 Å². The van der Waals surface area contributed by atoms with Gasteiger partial charge >= 0.3 is 0 Å². The van der Waals surface area contributed by atoms with Gasteiger partial charge in [0.25, 0.3) is 5.56 Å². The molecule has 3 nitrogen and oxygen atoms in total. The molecule has 0 radical (unpaired) electrons. The smallest absolute Gasteiger partial charge is 0.259 e. The number of nitrogens with one attached hydrogen (secondary N) is 1. The summed E-state index contributed by atoms with van der Waals surface area (Å²) in [5.41, 5.74) is 1.41. The molecule has 0 amide bonds. The molecule has 2 aliphatic rings. The van der Waals surface area contributed by atoms with Crippen molar-refractivity contribution in [3.05, 3.63) is 46.2 Å². The SMILES string of the molecule is BCC(=O)c1c2cccccc-2[nH]c1=O. The predicted molar refractivity (Wildman–Crippen MR) is 61.4 cm³/mol. The van der Waals surface area contributed by atoms with Crippen molar-refractivity contribution >= 4 is 13.6 Å². The van der Waals surface area contributed by atoms with Crippen LogP contribution in [0.4, 0.5) is 0 Å². The number of carbonyl (C=O) groups is 1. The van der Waals surface area contributed by atoms with E-state index in [1.807, 2.05) is 18.2 Å². The Morgan fingerprint density at radius 3 is 2.73 bits per heavy atom. The highest BCUT2D eigenvalue weighted by Crippen LogP contribution is 2.21. The van der Waals surface area contributed by atoms with E-state index in [-0.39, 0.29) is 16.9 Å². The van der Waals surface area contributed by atoms with E-state index in [0.717, 1.165) is 0 Å². The van der Waals surface area contributed by atoms with Gasteiger partial charge in [0.1, 0.15) is 7.85 Å². The first-order valence-electron chi connectivity index (χ1n) is 4.88. The van der Waals surface area contributed by atoms with Crippen LogP contribution in [0.25, 0.3) is 11.3 Å². The molecular weight excluding hydrogens is 189 g/mol. The minimum absolute atomic E-state index is 0.113. The van der Waals surface area contributed by atoms with Gasteiger partial charge in [-0.3, -0.25) is 9.59 Å². The summed E-state index contributed by atoms with van der Waals surface area (Å²) < 4.78 is 0. The van der Waals surface area contributed by atoms with Gasteiger partial charge in [-0.25, -0.2) is 0 Å². The van der Waals surface area contributed by atoms with E-state index in [2.05, 4.69) is 4.98 Å². The molecule has 1 heterocycles. The van der Waals surface area contributed by atoms with Crippen LogP contribution >= 0.6 is 0 Å². The summed E-state index contributed by atoms with van der Waals surface area (Å²) in [5, 5.41) is 0. The zero-order valence-corrected chi connectivity index (χ0v) is 8.41. The van der Waals surface area contributed by atoms with Gasteiger partial charge in [0.05, 0.1) is 5.56 Å². The number of aromatic nitrogens is 1. The number of ketones is 1. The lowest BCUT2D eigenvalue weighted by molar-refractivity contribution is 0.101. The van der Waals surface area contributed by atoms with Gasteiger partial charge in [0, 0.05) is 11.3 Å². The van der Waals surface area contributed by atoms with Crippen molar-refractivity contribution in [1.29, 1.82) is 0 Å². The van der Waals surface area contributed by atoms with E-state index in [0.29, 0.717) is 17.6 Å². The number of carbonyl (C=O) groups excluding carboxylic acids is 1. The number of aromatic amines is 1. The van der Waals surface area contributed by atoms with Crippen molar-refractivity contribution in [3.8, 4) is 11.3 Å². The van der Waals surface area contributed by atoms with E-state index < -0.39 is 0 Å². The van der Waals surface area contributed by atoms with E-state index in [9.17, 15) is 9.59 Å². The van der Waals surface area contributed by atoms with Gasteiger partial charge < -0.3 is 4.98 Å². The predicted octanol–water partition coefficient (Wildman–Crippen LogP) is 0.714. The third kappa shape index (κ3) is 1.58. The van der Waals surface area contributed by atoms with Crippen molar-refractivity contribution in [2.24, 2.45) is 0 Å². The monoisotopic (exact) mass is 199 g/mol. The summed E-state index contributed by atoms with van der Waals surface area (Å²) in [6.07, 6.45) is 0.348. The highest BCUT2D eigenvalue weighted by Gasteiger charge is 2.18. The maximum atomic E-state index is 11.6. The largest absolute Gasteiger partial charge is 0.321 e. The highest BCUT2D eigenvalue weighted by molar-refractivity contribution is 6.25. The highest BCUT2D eigenvalue weighted by atomic mass is 16.1. The summed E-state index contributed by atoms with van der Waals surface area (Å²) in [7, 11) is 1.75. The van der Waals surface area contributed by atoms with Crippen molar-refractivity contribution in [3.63, 3.8) is 0 Å². The van der Waals surface area contributed by atoms with Crippen LogP contribution in [0.2, 0.25) is 6.32 Å². The van der Waals surface area contributed by atoms with Gasteiger partial charge in [-0.2, -0.15) is 0 Å². The first-order chi connectivity index (χ1) is 7.24. The Morgan fingerprint density at radius 2 is 2.00 bits per heavy atom. The third-order valence-corrected chi connectivity index (χ3v) is 2.38. The molecule has 0 bridgehead atoms. The topological polar surface area (TPSA) is 49.9 Å². The van der Waals surface area contributed by atoms with Gasteiger partial charge in [0.2, 0.25) is 0 Å². The molecule has 2 rings (SSSR count). The van der Waals surface area contributed by atoms with Crippen LogP contribution in [0, 0.1) is 0 Å². The Labute approximate surface area is 87.9 Å². The Kier molecular flexibility index (Phi) is 2.41. The van der Waals surface area contributed by atoms with Crippen LogP contribution in [-0.4, -0.2) is 18.6 Å². The molecule has 0 aromatic carbocycles. The van der Waals surface area contributed by atoms with E-state index in [1.54, 1.807) is 20.0 Å². The molecule has 0 fully saturated rings. The summed E-state index contributed by atoms with van der Waals surface area (Å²) in [4.78, 5) is 25.8. The first kappa shape index (κ1) is 9.71. The Hall–Kier alpha value is -1.84. The molecule has 0 aromatic rings. The van der Waals surface area contributed by atoms with Gasteiger partial charge in [-0.1, -0.05) is 24.3 Å². The lowest BCUT2D eigenvalue weighted by atomic mass is 9.94. The van der Waals surface area contributed by atoms with E-state index >= 15 is 0 Å². The minimum atomic E-state index is -0.289. The standard InChI is InChI=1S/C11H10BNO2/c12-6-9(14)10-7-4-2-1-3-5-8(7)13-11(10)15/h1-5H,6,12H2,(H,13,15). The van der Waals surface area contributed by atoms with Gasteiger partial charge in [0.15, 0.2) is 5.78 Å². The normalized spacial score (nSPS) is 10.4. The molecule has 1 aliphatic heterocycles. The minimum Gasteiger partial charge on any atom is -0.321 e. The number of rotatable bonds is 2. The molecule has 4 heteroatoms. The molecule has 0 saturated heterocycles. The average molecular weight is 199 g/mol. The van der Waals surface area contributed by atoms with Crippen LogP contribution in [0.3, 0.4) is 0 Å². The van der Waals surface area contributed by atoms with Gasteiger partial charge in [-0.15, -0.1) is 0 Å². The van der Waals surface area contributed by atoms with Crippen LogP contribution in [0.15, 0.2) is 35.1 Å². The fraction of sp³-hybridized carbons (Fsp3) is 0.0909. The summed E-state index contributed by atoms with van der Waals surface area (Å²) in [6.45, 7) is 0. The molecule has 0 saturated carbocycles. The Balaban J connectivity index is 2.74. The number of hydrogen-bond donors (Lipinski definition) is 1. The second-order valence-electron chi connectivity index (χ2n) is 3.34. The quantitative estimate of drug-likeness (QED) is 0.572. The molecule has 0 aromatic heterocycles. The maximum Gasteiger partial charge on any atom is 0.259 e. The van der Waals surface area contributed by atoms with Crippen molar-refractivity contribution < 1.29 is 4.79 Å². The van der Waals surface area contributed by atoms with Crippen LogP contribution in [0.1, 0.15) is 10.4 Å². The molecule has 15 heavy (non-hydrogen) atoms. The number of fused-ring (bicyclic) bond motifs is 1. The van der Waals surface area contributed by atoms with Gasteiger partial charge in [-0.05, 0) is 12.4 Å². The molecule has 74 valence electrons. The Bertz CT molecular complexity index is 533. The fourth-order valence-electron chi connectivity index (χ4n) is 1.64. The number of hydrogen-bond acceptors (Lipinski definition) is 2. The molecular formula is C11H10BNO2. The fourth-order valence-corrected chi connectivity index (χ4v) is 1.64. The third-order valence-electron chi connectivity index (χ3n) is 2.38. The van der Waals surface area contributed by atoms with Crippen LogP contribution in [-0.2, 0) is 0 Å². The van der Waals surface area contributed by atoms with E-state index in [4.69, 9.17) is 0 Å². The van der Waals surface area contributed by atoms with Crippen LogP contribution < -0.4 is 5.56 Å². The molecule has 1 aliphatic carbocycles. The second kappa shape index (κ2) is 3.73. The van der Waals surface area contributed by atoms with Crippen molar-refractivity contribution in [2.45, 2.75) is 6.32 Å². The zero-order chi connectivity index (χ0) is 10.8. The summed E-state index contributed by atoms with van der Waals surface area (Å²) in [5.74, 6) is -0.113. The molecule has 0 unspecified atom stereocenters. The molecule has 0 atom stereocenters. The second-order valence-corrected chi connectivity index (χ2v) is 3.34. The first-order valence-corrected chi connectivity index (χ1v) is 4.88. The average Bonchev–Trinajstić information content (AvgIpc) is 2.40. The summed E-state index contributed by atoms with van der Waals surface area (Å²) in [6, 6.07) is 9.10. The Morgan fingerprint density at radius 1 is 1.27 bits per heavy atom. The van der Waals surface area contributed by atoms with Crippen molar-refractivity contribution in [1.82, 2.24) is 4.98 Å². The molecule has 1 N–H and O–H groups in total. The lowest BCUT2D eigenvalue weighted by Crippen LogP contribution is -2.11. The van der Waals surface area contributed by atoms with Crippen molar-refractivity contribution in [2.75, 3.05) is 0 Å². The lowest BCUT2D eigenvalue weighted by Gasteiger charge is -1.94. The van der Waals surface area contributed by atoms with E-state index in [1.165, 1.54) is 0 Å². The molecule has 0 spiro atoms. The number of H-pyrrole nitrogens is 1.